The van der Waals surface area contributed by atoms with Gasteiger partial charge >= 0.3 is 0 Å². The van der Waals surface area contributed by atoms with E-state index in [0.717, 1.165) is 5.56 Å². The Bertz CT molecular complexity index is 527. The average molecular weight is 265 g/mol. The van der Waals surface area contributed by atoms with Gasteiger partial charge in [0.2, 0.25) is 0 Å². The van der Waals surface area contributed by atoms with Crippen molar-refractivity contribution in [2.45, 2.75) is 6.54 Å². The zero-order chi connectivity index (χ0) is 13.8. The van der Waals surface area contributed by atoms with Crippen LogP contribution in [0.4, 0.5) is 5.69 Å². The largest absolute Gasteiger partial charge is 0.349 e. The summed E-state index contributed by atoms with van der Waals surface area (Å²) in [4.78, 5) is 22.1. The second kappa shape index (κ2) is 5.29. The van der Waals surface area contributed by atoms with E-state index in [1.54, 1.807) is 17.0 Å². The van der Waals surface area contributed by atoms with Crippen molar-refractivity contribution in [1.82, 2.24) is 10.2 Å². The molecule has 0 amide bonds. The number of nitrogens with zero attached hydrogens (tertiary/aromatic N) is 4. The molecule has 0 atom stereocenters. The van der Waals surface area contributed by atoms with Gasteiger partial charge in [-0.15, -0.1) is 0 Å². The third kappa shape index (κ3) is 3.15. The lowest BCUT2D eigenvalue weighted by Gasteiger charge is -2.15. The van der Waals surface area contributed by atoms with E-state index >= 15 is 0 Å². The summed E-state index contributed by atoms with van der Waals surface area (Å²) < 4.78 is 0. The van der Waals surface area contributed by atoms with Gasteiger partial charge in [-0.3, -0.25) is 10.1 Å². The summed E-state index contributed by atoms with van der Waals surface area (Å²) in [5.41, 5.74) is 0.841. The minimum Gasteiger partial charge on any atom is -0.349 e. The molecule has 1 aromatic rings. The topological polar surface area (TPSA) is 114 Å². The third-order valence-corrected chi connectivity index (χ3v) is 2.66. The second-order valence-electron chi connectivity index (χ2n) is 3.93. The van der Waals surface area contributed by atoms with Crippen LogP contribution in [0.3, 0.4) is 0 Å². The molecule has 0 radical (unpaired) electrons. The highest BCUT2D eigenvalue weighted by Crippen LogP contribution is 2.14. The molecule has 1 aliphatic rings. The minimum atomic E-state index is -0.753. The predicted molar refractivity (Wildman–Crippen MR) is 65.9 cm³/mol. The van der Waals surface area contributed by atoms with Crippen molar-refractivity contribution >= 4 is 11.6 Å². The predicted octanol–water partition coefficient (Wildman–Crippen LogP) is 0.548. The first-order valence-electron chi connectivity index (χ1n) is 5.51. The van der Waals surface area contributed by atoms with Crippen LogP contribution in [0.5, 0.6) is 0 Å². The summed E-state index contributed by atoms with van der Waals surface area (Å²) in [6, 6.07) is 6.06. The Morgan fingerprint density at radius 1 is 1.26 bits per heavy atom. The van der Waals surface area contributed by atoms with Gasteiger partial charge < -0.3 is 10.2 Å². The monoisotopic (exact) mass is 265 g/mol. The molecule has 0 aromatic heterocycles. The summed E-state index contributed by atoms with van der Waals surface area (Å²) in [7, 11) is 0. The smallest absolute Gasteiger partial charge is 0.271 e. The fourth-order valence-corrected chi connectivity index (χ4v) is 1.79. The van der Waals surface area contributed by atoms with Crippen LogP contribution in [0.25, 0.3) is 0 Å². The lowest BCUT2D eigenvalue weighted by atomic mass is 10.2. The van der Waals surface area contributed by atoms with Crippen molar-refractivity contribution in [2.75, 3.05) is 13.1 Å². The molecule has 1 heterocycles. The summed E-state index contributed by atoms with van der Waals surface area (Å²) in [5, 5.41) is 26.2. The highest BCUT2D eigenvalue weighted by Gasteiger charge is 2.21. The maximum atomic E-state index is 10.5. The molecule has 9 nitrogen and oxygen atoms in total. The zero-order valence-corrected chi connectivity index (χ0v) is 9.85. The normalized spacial score (nSPS) is 16.4. The fraction of sp³-hybridized carbons (Fsp3) is 0.300. The Kier molecular flexibility index (Phi) is 3.55. The number of benzene rings is 1. The lowest BCUT2D eigenvalue weighted by Crippen LogP contribution is -2.30. The van der Waals surface area contributed by atoms with E-state index in [1.807, 2.05) is 0 Å². The van der Waals surface area contributed by atoms with E-state index in [0.29, 0.717) is 19.6 Å². The average Bonchev–Trinajstić information content (AvgIpc) is 2.76. The van der Waals surface area contributed by atoms with E-state index in [2.05, 4.69) is 10.4 Å². The zero-order valence-electron chi connectivity index (χ0n) is 9.85. The number of hydrogen-bond acceptors (Lipinski definition) is 4. The Morgan fingerprint density at radius 3 is 2.53 bits per heavy atom. The molecule has 1 fully saturated rings. The first-order valence-corrected chi connectivity index (χ1v) is 5.51. The Labute approximate surface area is 107 Å². The number of nitro benzene ring substituents is 1. The summed E-state index contributed by atoms with van der Waals surface area (Å²) in [6.45, 7) is 1.60. The van der Waals surface area contributed by atoms with Gasteiger partial charge in [0, 0.05) is 31.8 Å². The van der Waals surface area contributed by atoms with Crippen LogP contribution in [0.15, 0.2) is 29.4 Å². The van der Waals surface area contributed by atoms with E-state index < -0.39 is 9.96 Å². The van der Waals surface area contributed by atoms with E-state index in [1.165, 1.54) is 12.1 Å². The van der Waals surface area contributed by atoms with E-state index in [4.69, 9.17) is 0 Å². The van der Waals surface area contributed by atoms with Gasteiger partial charge in [-0.2, -0.15) is 0 Å². The fourth-order valence-electron chi connectivity index (χ4n) is 1.79. The summed E-state index contributed by atoms with van der Waals surface area (Å²) >= 11 is 0. The van der Waals surface area contributed by atoms with Gasteiger partial charge in [-0.25, -0.2) is 10.1 Å². The molecule has 100 valence electrons. The van der Waals surface area contributed by atoms with Crippen LogP contribution >= 0.6 is 0 Å². The standard InChI is InChI=1S/C10H11N5O4/c16-14(17)9-3-1-8(2-4-9)7-13-6-5-11-10(13)12-15(18)19/h1-4H,5-7H2,(H,11,12). The number of nitro groups is 2. The second-order valence-corrected chi connectivity index (χ2v) is 3.93. The van der Waals surface area contributed by atoms with Crippen molar-refractivity contribution in [2.24, 2.45) is 5.10 Å². The summed E-state index contributed by atoms with van der Waals surface area (Å²) in [6.07, 6.45) is 0. The molecule has 1 saturated heterocycles. The van der Waals surface area contributed by atoms with Gasteiger partial charge in [0.1, 0.15) is 5.10 Å². The van der Waals surface area contributed by atoms with Crippen molar-refractivity contribution in [3.8, 4) is 0 Å². The van der Waals surface area contributed by atoms with Crippen LogP contribution in [0, 0.1) is 20.2 Å². The molecular formula is C10H11N5O4. The van der Waals surface area contributed by atoms with Gasteiger partial charge in [0.15, 0.2) is 5.03 Å². The first-order chi connectivity index (χ1) is 9.06. The third-order valence-electron chi connectivity index (χ3n) is 2.66. The van der Waals surface area contributed by atoms with Gasteiger partial charge in [0.05, 0.1) is 4.92 Å². The molecule has 2 rings (SSSR count). The van der Waals surface area contributed by atoms with Crippen molar-refractivity contribution < 1.29 is 9.96 Å². The Morgan fingerprint density at radius 2 is 1.95 bits per heavy atom. The van der Waals surface area contributed by atoms with Gasteiger partial charge in [0.25, 0.3) is 11.6 Å². The molecule has 0 unspecified atom stereocenters. The van der Waals surface area contributed by atoms with E-state index in [-0.39, 0.29) is 11.6 Å². The molecule has 1 aliphatic heterocycles. The van der Waals surface area contributed by atoms with Crippen molar-refractivity contribution in [1.29, 1.82) is 0 Å². The SMILES string of the molecule is O=[N+]([O-])/N=C1\NCCN1Cc1ccc([N+](=O)[O-])cc1. The van der Waals surface area contributed by atoms with E-state index in [9.17, 15) is 20.2 Å². The molecule has 0 aliphatic carbocycles. The molecule has 1 N–H and O–H groups in total. The number of non-ortho nitro benzene ring substituents is 1. The first kappa shape index (κ1) is 12.7. The number of nitrogens with one attached hydrogen (secondary N) is 1. The van der Waals surface area contributed by atoms with Crippen LogP contribution in [-0.2, 0) is 6.54 Å². The number of hydrogen-bond donors (Lipinski definition) is 1. The molecule has 0 bridgehead atoms. The van der Waals surface area contributed by atoms with Crippen molar-refractivity contribution in [3.63, 3.8) is 0 Å². The van der Waals surface area contributed by atoms with Crippen LogP contribution in [0.1, 0.15) is 5.56 Å². The van der Waals surface area contributed by atoms with Crippen molar-refractivity contribution in [3.05, 3.63) is 50.1 Å². The molecule has 1 aromatic carbocycles. The summed E-state index contributed by atoms with van der Waals surface area (Å²) in [5.74, 6) is 0.211. The lowest BCUT2D eigenvalue weighted by molar-refractivity contribution is -0.485. The maximum absolute atomic E-state index is 10.5. The molecule has 0 saturated carbocycles. The molecule has 9 heteroatoms. The Hall–Kier alpha value is -2.71. The number of rotatable bonds is 4. The number of hydrazone groups is 1. The highest BCUT2D eigenvalue weighted by atomic mass is 16.7. The number of guanidine groups is 1. The molecule has 19 heavy (non-hydrogen) atoms. The maximum Gasteiger partial charge on any atom is 0.271 e. The molecular weight excluding hydrogens is 254 g/mol. The molecule has 0 spiro atoms. The minimum absolute atomic E-state index is 0.0162. The van der Waals surface area contributed by atoms with Crippen LogP contribution in [0.2, 0.25) is 0 Å². The van der Waals surface area contributed by atoms with Gasteiger partial charge in [-0.1, -0.05) is 12.1 Å². The van der Waals surface area contributed by atoms with Gasteiger partial charge in [-0.05, 0) is 5.56 Å². The quantitative estimate of drug-likeness (QED) is 0.628. The van der Waals surface area contributed by atoms with Crippen LogP contribution < -0.4 is 5.32 Å². The Balaban J connectivity index is 2.08. The highest BCUT2D eigenvalue weighted by molar-refractivity contribution is 5.81. The van der Waals surface area contributed by atoms with Crippen LogP contribution in [-0.4, -0.2) is 33.9 Å².